The van der Waals surface area contributed by atoms with E-state index in [9.17, 15) is 14.4 Å². The van der Waals surface area contributed by atoms with Gasteiger partial charge in [-0.25, -0.2) is 9.59 Å². The van der Waals surface area contributed by atoms with Crippen molar-refractivity contribution in [2.24, 2.45) is 0 Å². The van der Waals surface area contributed by atoms with Crippen molar-refractivity contribution < 1.29 is 28.6 Å². The van der Waals surface area contributed by atoms with Crippen molar-refractivity contribution in [1.82, 2.24) is 30.7 Å². The van der Waals surface area contributed by atoms with Crippen LogP contribution in [-0.2, 0) is 38.5 Å². The van der Waals surface area contributed by atoms with E-state index in [-0.39, 0.29) is 30.6 Å². The average molecular weight is 693 g/mol. The second kappa shape index (κ2) is 19.8. The highest BCUT2D eigenvalue weighted by Gasteiger charge is 2.28. The molecule has 13 heteroatoms. The summed E-state index contributed by atoms with van der Waals surface area (Å²) in [5.41, 5.74) is 3.89. The Labute approximate surface area is 292 Å². The number of urea groups is 1. The van der Waals surface area contributed by atoms with E-state index in [1.54, 1.807) is 16.6 Å². The molecule has 3 heterocycles. The lowest BCUT2D eigenvalue weighted by atomic mass is 9.95. The van der Waals surface area contributed by atoms with Crippen LogP contribution in [0.15, 0.2) is 72.4 Å². The summed E-state index contributed by atoms with van der Waals surface area (Å²) < 4.78 is 16.4. The van der Waals surface area contributed by atoms with Crippen LogP contribution in [0.5, 0.6) is 0 Å². The maximum atomic E-state index is 14.0. The predicted molar refractivity (Wildman–Crippen MR) is 187 cm³/mol. The standard InChI is InChI=1S/C36H48N6O6S/c43-34(33(13-14-41-15-19-46-20-16-41)40-35(44)42-17-21-47-22-18-42)38-30(23-28-7-3-1-4-8-28)11-12-31(24-29-9-5-2-6-10-29)39-36(45)48-26-32-25-37-27-49-32/h1-10,25,27,30-31,33H,11-24,26H2,(H,38,43)(H,39,45)(H,40,44). The minimum Gasteiger partial charge on any atom is -0.444 e. The summed E-state index contributed by atoms with van der Waals surface area (Å²) in [6.07, 6.45) is 4.08. The third-order valence-corrected chi connectivity index (χ3v) is 9.51. The topological polar surface area (TPSA) is 134 Å². The number of rotatable bonds is 16. The molecule has 3 unspecified atom stereocenters. The first kappa shape index (κ1) is 36.2. The zero-order valence-electron chi connectivity index (χ0n) is 28.0. The number of thiazole rings is 1. The van der Waals surface area contributed by atoms with Crippen LogP contribution in [0.4, 0.5) is 9.59 Å². The highest BCUT2D eigenvalue weighted by molar-refractivity contribution is 7.09. The zero-order chi connectivity index (χ0) is 34.1. The average Bonchev–Trinajstić information content (AvgIpc) is 3.67. The van der Waals surface area contributed by atoms with Gasteiger partial charge >= 0.3 is 12.1 Å². The van der Waals surface area contributed by atoms with E-state index in [1.165, 1.54) is 11.3 Å². The number of carbonyl (C=O) groups excluding carboxylic acids is 3. The molecule has 2 aromatic carbocycles. The molecule has 2 aliphatic heterocycles. The van der Waals surface area contributed by atoms with Gasteiger partial charge in [0, 0.05) is 51.0 Å². The highest BCUT2D eigenvalue weighted by Crippen LogP contribution is 2.15. The van der Waals surface area contributed by atoms with Gasteiger partial charge in [-0.2, -0.15) is 0 Å². The maximum Gasteiger partial charge on any atom is 0.407 e. The Hall–Kier alpha value is -4.04. The van der Waals surface area contributed by atoms with Crippen LogP contribution in [0.1, 0.15) is 35.3 Å². The van der Waals surface area contributed by atoms with Crippen molar-refractivity contribution >= 4 is 29.4 Å². The quantitative estimate of drug-likeness (QED) is 0.207. The van der Waals surface area contributed by atoms with Crippen LogP contribution < -0.4 is 16.0 Å². The fourth-order valence-electron chi connectivity index (χ4n) is 6.02. The number of benzene rings is 2. The summed E-state index contributed by atoms with van der Waals surface area (Å²) in [4.78, 5) is 49.1. The van der Waals surface area contributed by atoms with E-state index < -0.39 is 12.1 Å². The number of nitrogens with zero attached hydrogens (tertiary/aromatic N) is 3. The Morgan fingerprint density at radius 3 is 1.96 bits per heavy atom. The minimum absolute atomic E-state index is 0.156. The van der Waals surface area contributed by atoms with Gasteiger partial charge in [0.15, 0.2) is 0 Å². The molecule has 12 nitrogen and oxygen atoms in total. The number of hydrogen-bond acceptors (Lipinski definition) is 9. The van der Waals surface area contributed by atoms with Crippen molar-refractivity contribution in [1.29, 1.82) is 0 Å². The second-order valence-corrected chi connectivity index (χ2v) is 13.4. The maximum absolute atomic E-state index is 14.0. The fourth-order valence-corrected chi connectivity index (χ4v) is 6.53. The Morgan fingerprint density at radius 1 is 0.776 bits per heavy atom. The molecule has 0 bridgehead atoms. The molecule has 1 aromatic heterocycles. The van der Waals surface area contributed by atoms with E-state index in [0.29, 0.717) is 78.2 Å². The van der Waals surface area contributed by atoms with Gasteiger partial charge in [0.2, 0.25) is 5.91 Å². The number of aromatic nitrogens is 1. The molecule has 2 saturated heterocycles. The zero-order valence-corrected chi connectivity index (χ0v) is 28.8. The van der Waals surface area contributed by atoms with Crippen molar-refractivity contribution in [2.75, 3.05) is 59.2 Å². The lowest BCUT2D eigenvalue weighted by Crippen LogP contribution is -2.55. The first-order chi connectivity index (χ1) is 24.0. The number of ether oxygens (including phenoxy) is 3. The van der Waals surface area contributed by atoms with Gasteiger partial charge < -0.3 is 35.1 Å². The molecule has 0 spiro atoms. The van der Waals surface area contributed by atoms with E-state index in [1.807, 2.05) is 60.7 Å². The van der Waals surface area contributed by atoms with Crippen molar-refractivity contribution in [3.63, 3.8) is 0 Å². The molecular weight excluding hydrogens is 644 g/mol. The molecule has 4 amide bonds. The summed E-state index contributed by atoms with van der Waals surface area (Å²) in [5.74, 6) is -0.215. The molecule has 264 valence electrons. The van der Waals surface area contributed by atoms with Crippen LogP contribution >= 0.6 is 11.3 Å². The molecule has 3 aromatic rings. The number of alkyl carbamates (subject to hydrolysis) is 1. The first-order valence-corrected chi connectivity index (χ1v) is 18.0. The Bertz CT molecular complexity index is 1400. The molecule has 3 atom stereocenters. The fraction of sp³-hybridized carbons (Fsp3) is 0.500. The van der Waals surface area contributed by atoms with Crippen LogP contribution in [0.25, 0.3) is 0 Å². The monoisotopic (exact) mass is 692 g/mol. The molecule has 3 N–H and O–H groups in total. The third-order valence-electron chi connectivity index (χ3n) is 8.76. The van der Waals surface area contributed by atoms with Gasteiger partial charge in [-0.05, 0) is 43.2 Å². The van der Waals surface area contributed by atoms with Crippen LogP contribution in [0.2, 0.25) is 0 Å². The van der Waals surface area contributed by atoms with Gasteiger partial charge in [-0.3, -0.25) is 14.7 Å². The Balaban J connectivity index is 1.27. The van der Waals surface area contributed by atoms with E-state index in [2.05, 4.69) is 25.8 Å². The lowest BCUT2D eigenvalue weighted by Gasteiger charge is -2.32. The smallest absolute Gasteiger partial charge is 0.407 e. The number of amides is 4. The number of morpholine rings is 2. The summed E-state index contributed by atoms with van der Waals surface area (Å²) in [5, 5.41) is 9.38. The van der Waals surface area contributed by atoms with Gasteiger partial charge in [-0.15, -0.1) is 11.3 Å². The van der Waals surface area contributed by atoms with Crippen LogP contribution in [0.3, 0.4) is 0 Å². The second-order valence-electron chi connectivity index (χ2n) is 12.4. The van der Waals surface area contributed by atoms with E-state index in [0.717, 1.165) is 29.1 Å². The molecule has 2 aliphatic rings. The molecule has 0 aliphatic carbocycles. The van der Waals surface area contributed by atoms with Crippen molar-refractivity contribution in [2.45, 2.75) is 56.8 Å². The SMILES string of the molecule is O=C(NC(CCC(Cc1ccccc1)NC(=O)C(CCN1CCOCC1)NC(=O)N1CCOCC1)Cc1ccccc1)OCc1cncs1. The molecule has 2 fully saturated rings. The molecular formula is C36H48N6O6S. The highest BCUT2D eigenvalue weighted by atomic mass is 32.1. The first-order valence-electron chi connectivity index (χ1n) is 17.1. The number of carbonyl (C=O) groups is 3. The lowest BCUT2D eigenvalue weighted by molar-refractivity contribution is -0.124. The van der Waals surface area contributed by atoms with Gasteiger partial charge in [0.1, 0.15) is 12.6 Å². The van der Waals surface area contributed by atoms with Gasteiger partial charge in [0.05, 0.1) is 36.8 Å². The largest absolute Gasteiger partial charge is 0.444 e. The third kappa shape index (κ3) is 12.7. The van der Waals surface area contributed by atoms with Crippen molar-refractivity contribution in [3.8, 4) is 0 Å². The normalized spacial score (nSPS) is 17.0. The molecule has 0 saturated carbocycles. The molecule has 49 heavy (non-hydrogen) atoms. The van der Waals surface area contributed by atoms with Crippen LogP contribution in [0, 0.1) is 0 Å². The predicted octanol–water partition coefficient (Wildman–Crippen LogP) is 3.62. The number of nitrogens with one attached hydrogen (secondary N) is 3. The van der Waals surface area contributed by atoms with Gasteiger partial charge in [0.25, 0.3) is 0 Å². The summed E-state index contributed by atoms with van der Waals surface area (Å²) in [6, 6.07) is 18.6. The molecule has 5 rings (SSSR count). The van der Waals surface area contributed by atoms with E-state index in [4.69, 9.17) is 14.2 Å². The van der Waals surface area contributed by atoms with Gasteiger partial charge in [-0.1, -0.05) is 60.7 Å². The van der Waals surface area contributed by atoms with Crippen LogP contribution in [-0.4, -0.2) is 110 Å². The Kier molecular flexibility index (Phi) is 14.7. The van der Waals surface area contributed by atoms with E-state index >= 15 is 0 Å². The summed E-state index contributed by atoms with van der Waals surface area (Å²) >= 11 is 1.43. The summed E-state index contributed by atoms with van der Waals surface area (Å²) in [6.45, 7) is 5.67. The van der Waals surface area contributed by atoms with Crippen molar-refractivity contribution in [3.05, 3.63) is 88.4 Å². The molecule has 0 radical (unpaired) electrons. The Morgan fingerprint density at radius 2 is 1.37 bits per heavy atom. The minimum atomic E-state index is -0.712. The summed E-state index contributed by atoms with van der Waals surface area (Å²) in [7, 11) is 0. The number of hydrogen-bond donors (Lipinski definition) is 3.